The molecule has 0 aromatic rings. The molecule has 2 nitrogen and oxygen atoms in total. The number of hydrogen-bond acceptors (Lipinski definition) is 2. The third-order valence-corrected chi connectivity index (χ3v) is 2.91. The fraction of sp³-hybridized carbons (Fsp3) is 1.00. The molecule has 0 aromatic carbocycles. The summed E-state index contributed by atoms with van der Waals surface area (Å²) in [4.78, 5) is 0.658. The van der Waals surface area contributed by atoms with Crippen LogP contribution in [0, 0.1) is 0 Å². The van der Waals surface area contributed by atoms with Gasteiger partial charge in [0.25, 0.3) is 0 Å². The van der Waals surface area contributed by atoms with Crippen molar-refractivity contribution in [1.29, 1.82) is 0 Å². The van der Waals surface area contributed by atoms with Gasteiger partial charge in [-0.25, -0.2) is 0 Å². The van der Waals surface area contributed by atoms with Crippen LogP contribution in [0.2, 0.25) is 0 Å². The summed E-state index contributed by atoms with van der Waals surface area (Å²) in [6.07, 6.45) is 2.74. The van der Waals surface area contributed by atoms with Gasteiger partial charge in [0.05, 0.1) is 12.7 Å². The van der Waals surface area contributed by atoms with Gasteiger partial charge in [-0.15, -0.1) is 0 Å². The van der Waals surface area contributed by atoms with Gasteiger partial charge in [0.1, 0.15) is 0 Å². The van der Waals surface area contributed by atoms with Crippen LogP contribution in [-0.2, 0) is 4.74 Å². The van der Waals surface area contributed by atoms with Crippen LogP contribution in [-0.4, -0.2) is 30.6 Å². The lowest BCUT2D eigenvalue weighted by molar-refractivity contribution is 0.0809. The van der Waals surface area contributed by atoms with Crippen molar-refractivity contribution < 1.29 is 4.74 Å². The summed E-state index contributed by atoms with van der Waals surface area (Å²) >= 11 is 3.60. The summed E-state index contributed by atoms with van der Waals surface area (Å²) in [7, 11) is 0. The molecule has 0 aliphatic heterocycles. The molecular weight excluding hydrogens is 230 g/mol. The lowest BCUT2D eigenvalue weighted by Crippen LogP contribution is -2.23. The van der Waals surface area contributed by atoms with Crippen LogP contribution in [0.5, 0.6) is 0 Å². The van der Waals surface area contributed by atoms with E-state index in [1.54, 1.807) is 0 Å². The Hall–Kier alpha value is 0.400. The third kappa shape index (κ3) is 10.3. The number of nitrogens with one attached hydrogen (secondary N) is 1. The maximum absolute atomic E-state index is 5.40. The summed E-state index contributed by atoms with van der Waals surface area (Å²) < 4.78 is 5.40. The molecule has 13 heavy (non-hydrogen) atoms. The SMILES string of the molecule is CCC(Br)CCNCCOC(C)C. The minimum atomic E-state index is 0.348. The van der Waals surface area contributed by atoms with Crippen molar-refractivity contribution in [3.8, 4) is 0 Å². The van der Waals surface area contributed by atoms with Crippen molar-refractivity contribution in [2.24, 2.45) is 0 Å². The Morgan fingerprint density at radius 2 is 2.00 bits per heavy atom. The Kier molecular flexibility index (Phi) is 9.25. The average molecular weight is 252 g/mol. The van der Waals surface area contributed by atoms with Gasteiger partial charge in [-0.3, -0.25) is 0 Å². The van der Waals surface area contributed by atoms with E-state index < -0.39 is 0 Å². The molecule has 0 rings (SSSR count). The van der Waals surface area contributed by atoms with Gasteiger partial charge in [0.2, 0.25) is 0 Å². The van der Waals surface area contributed by atoms with E-state index in [-0.39, 0.29) is 0 Å². The van der Waals surface area contributed by atoms with Crippen molar-refractivity contribution >= 4 is 15.9 Å². The molecule has 0 radical (unpaired) electrons. The van der Waals surface area contributed by atoms with Crippen LogP contribution in [0.1, 0.15) is 33.6 Å². The molecule has 0 heterocycles. The van der Waals surface area contributed by atoms with Crippen LogP contribution >= 0.6 is 15.9 Å². The zero-order valence-corrected chi connectivity index (χ0v) is 10.6. The second kappa shape index (κ2) is 8.97. The molecule has 1 N–H and O–H groups in total. The molecule has 0 saturated heterocycles. The van der Waals surface area contributed by atoms with Gasteiger partial charge in [0.15, 0.2) is 0 Å². The maximum Gasteiger partial charge on any atom is 0.0594 e. The number of ether oxygens (including phenoxy) is 1. The van der Waals surface area contributed by atoms with E-state index in [1.807, 2.05) is 0 Å². The molecule has 0 spiro atoms. The van der Waals surface area contributed by atoms with Crippen LogP contribution in [0.25, 0.3) is 0 Å². The summed E-state index contributed by atoms with van der Waals surface area (Å²) in [6.45, 7) is 9.17. The largest absolute Gasteiger partial charge is 0.377 e. The van der Waals surface area contributed by atoms with E-state index in [0.717, 1.165) is 19.7 Å². The second-order valence-corrected chi connectivity index (χ2v) is 4.76. The predicted octanol–water partition coefficient (Wildman–Crippen LogP) is 2.56. The molecule has 1 atom stereocenters. The monoisotopic (exact) mass is 251 g/mol. The number of rotatable bonds is 8. The topological polar surface area (TPSA) is 21.3 Å². The first-order valence-corrected chi connectivity index (χ1v) is 6.04. The van der Waals surface area contributed by atoms with E-state index in [9.17, 15) is 0 Å². The zero-order valence-electron chi connectivity index (χ0n) is 8.98. The van der Waals surface area contributed by atoms with Crippen molar-refractivity contribution in [1.82, 2.24) is 5.32 Å². The maximum atomic E-state index is 5.40. The van der Waals surface area contributed by atoms with E-state index in [2.05, 4.69) is 42.0 Å². The molecular formula is C10H22BrNO. The van der Waals surface area contributed by atoms with Crippen molar-refractivity contribution in [3.05, 3.63) is 0 Å². The molecule has 0 aromatic heterocycles. The van der Waals surface area contributed by atoms with Crippen LogP contribution in [0.15, 0.2) is 0 Å². The van der Waals surface area contributed by atoms with E-state index in [0.29, 0.717) is 10.9 Å². The van der Waals surface area contributed by atoms with Gasteiger partial charge < -0.3 is 10.1 Å². The standard InChI is InChI=1S/C10H22BrNO/c1-4-10(11)5-6-12-7-8-13-9(2)3/h9-10,12H,4-8H2,1-3H3. The Morgan fingerprint density at radius 3 is 2.54 bits per heavy atom. The highest BCUT2D eigenvalue weighted by Crippen LogP contribution is 2.07. The molecule has 80 valence electrons. The average Bonchev–Trinajstić information content (AvgIpc) is 2.10. The lowest BCUT2D eigenvalue weighted by Gasteiger charge is -2.09. The van der Waals surface area contributed by atoms with Gasteiger partial charge in [-0.2, -0.15) is 0 Å². The molecule has 0 fully saturated rings. The molecule has 0 saturated carbocycles. The van der Waals surface area contributed by atoms with E-state index in [4.69, 9.17) is 4.74 Å². The van der Waals surface area contributed by atoms with E-state index in [1.165, 1.54) is 12.8 Å². The number of alkyl halides is 1. The Labute approximate surface area is 90.6 Å². The summed E-state index contributed by atoms with van der Waals surface area (Å²) in [6, 6.07) is 0. The zero-order chi connectivity index (χ0) is 10.1. The minimum Gasteiger partial charge on any atom is -0.377 e. The second-order valence-electron chi connectivity index (χ2n) is 3.46. The number of hydrogen-bond donors (Lipinski definition) is 1. The molecule has 1 unspecified atom stereocenters. The van der Waals surface area contributed by atoms with E-state index >= 15 is 0 Å². The highest BCUT2D eigenvalue weighted by atomic mass is 79.9. The van der Waals surface area contributed by atoms with Gasteiger partial charge in [-0.05, 0) is 33.2 Å². The van der Waals surface area contributed by atoms with Gasteiger partial charge in [-0.1, -0.05) is 22.9 Å². The lowest BCUT2D eigenvalue weighted by atomic mass is 10.2. The van der Waals surface area contributed by atoms with Crippen molar-refractivity contribution in [3.63, 3.8) is 0 Å². The summed E-state index contributed by atoms with van der Waals surface area (Å²) in [5.74, 6) is 0. The summed E-state index contributed by atoms with van der Waals surface area (Å²) in [5, 5.41) is 3.35. The molecule has 0 aliphatic rings. The smallest absolute Gasteiger partial charge is 0.0594 e. The first kappa shape index (κ1) is 13.4. The highest BCUT2D eigenvalue weighted by molar-refractivity contribution is 9.09. The highest BCUT2D eigenvalue weighted by Gasteiger charge is 1.99. The predicted molar refractivity (Wildman–Crippen MR) is 61.6 cm³/mol. The van der Waals surface area contributed by atoms with Gasteiger partial charge >= 0.3 is 0 Å². The molecule has 0 bridgehead atoms. The van der Waals surface area contributed by atoms with Crippen molar-refractivity contribution in [2.45, 2.75) is 44.5 Å². The van der Waals surface area contributed by atoms with Crippen LogP contribution in [0.4, 0.5) is 0 Å². The third-order valence-electron chi connectivity index (χ3n) is 1.81. The first-order chi connectivity index (χ1) is 6.16. The first-order valence-electron chi connectivity index (χ1n) is 5.13. The Bertz CT molecular complexity index is 109. The minimum absolute atomic E-state index is 0.348. The fourth-order valence-electron chi connectivity index (χ4n) is 0.955. The van der Waals surface area contributed by atoms with Crippen LogP contribution < -0.4 is 5.32 Å². The fourth-order valence-corrected chi connectivity index (χ4v) is 1.18. The van der Waals surface area contributed by atoms with Crippen molar-refractivity contribution in [2.75, 3.05) is 19.7 Å². The van der Waals surface area contributed by atoms with Gasteiger partial charge in [0, 0.05) is 11.4 Å². The Balaban J connectivity index is 2.99. The Morgan fingerprint density at radius 1 is 1.31 bits per heavy atom. The molecule has 3 heteroatoms. The molecule has 0 amide bonds. The quantitative estimate of drug-likeness (QED) is 0.529. The normalized spacial score (nSPS) is 13.6. The molecule has 0 aliphatic carbocycles. The summed E-state index contributed by atoms with van der Waals surface area (Å²) in [5.41, 5.74) is 0. The number of halogens is 1. The van der Waals surface area contributed by atoms with Crippen LogP contribution in [0.3, 0.4) is 0 Å².